The van der Waals surface area contributed by atoms with Gasteiger partial charge in [0.1, 0.15) is 11.5 Å². The first-order chi connectivity index (χ1) is 13.4. The third-order valence-corrected chi connectivity index (χ3v) is 4.06. The Hall–Kier alpha value is -2.93. The van der Waals surface area contributed by atoms with Gasteiger partial charge >= 0.3 is 5.97 Å². The van der Waals surface area contributed by atoms with Crippen molar-refractivity contribution >= 4 is 29.5 Å². The number of aliphatic imine (C=N–C) groups is 1. The van der Waals surface area contributed by atoms with Crippen molar-refractivity contribution in [2.45, 2.75) is 13.8 Å². The minimum atomic E-state index is -1.12. The SMILES string of the molecule is CCOc1ccc(/C=C2\N=C(c3cc(F)c(F)cc3Cl)OC2=O)c(OCC)c1. The molecule has 0 fully saturated rings. The topological polar surface area (TPSA) is 57.1 Å². The quantitative estimate of drug-likeness (QED) is 0.393. The number of cyclic esters (lactones) is 1. The number of rotatable bonds is 6. The Morgan fingerprint density at radius 2 is 1.82 bits per heavy atom. The third-order valence-electron chi connectivity index (χ3n) is 3.75. The van der Waals surface area contributed by atoms with Crippen LogP contribution in [-0.4, -0.2) is 25.1 Å². The number of hydrogen-bond acceptors (Lipinski definition) is 5. The molecule has 28 heavy (non-hydrogen) atoms. The average Bonchev–Trinajstić information content (AvgIpc) is 3.01. The van der Waals surface area contributed by atoms with Crippen molar-refractivity contribution in [2.24, 2.45) is 4.99 Å². The molecule has 0 spiro atoms. The standard InChI is InChI=1S/C20H16ClF2NO4/c1-3-26-12-6-5-11(18(8-12)27-4-2)7-17-20(25)28-19(24-17)13-9-15(22)16(23)10-14(13)21/h5-10H,3-4H2,1-2H3/b17-7-. The highest BCUT2D eigenvalue weighted by atomic mass is 35.5. The minimum Gasteiger partial charge on any atom is -0.494 e. The van der Waals surface area contributed by atoms with Crippen molar-refractivity contribution < 1.29 is 27.8 Å². The number of carbonyl (C=O) groups is 1. The molecule has 0 radical (unpaired) electrons. The van der Waals surface area contributed by atoms with Gasteiger partial charge in [-0.25, -0.2) is 18.6 Å². The number of halogens is 3. The van der Waals surface area contributed by atoms with Gasteiger partial charge in [0.15, 0.2) is 17.3 Å². The summed E-state index contributed by atoms with van der Waals surface area (Å²) in [5.41, 5.74) is 0.536. The molecule has 0 N–H and O–H groups in total. The summed E-state index contributed by atoms with van der Waals surface area (Å²) in [5.74, 6) is -2.05. The van der Waals surface area contributed by atoms with Crippen LogP contribution < -0.4 is 9.47 Å². The Bertz CT molecular complexity index is 988. The highest BCUT2D eigenvalue weighted by molar-refractivity contribution is 6.34. The van der Waals surface area contributed by atoms with Gasteiger partial charge in [-0.1, -0.05) is 11.6 Å². The highest BCUT2D eigenvalue weighted by Crippen LogP contribution is 2.30. The number of benzene rings is 2. The summed E-state index contributed by atoms with van der Waals surface area (Å²) in [6.07, 6.45) is 1.48. The molecule has 5 nitrogen and oxygen atoms in total. The molecular formula is C20H16ClF2NO4. The number of ether oxygens (including phenoxy) is 3. The molecule has 3 rings (SSSR count). The van der Waals surface area contributed by atoms with Gasteiger partial charge in [-0.15, -0.1) is 0 Å². The Morgan fingerprint density at radius 1 is 1.11 bits per heavy atom. The van der Waals surface area contributed by atoms with E-state index in [0.29, 0.717) is 30.3 Å². The monoisotopic (exact) mass is 407 g/mol. The van der Waals surface area contributed by atoms with Crippen LogP contribution >= 0.6 is 11.6 Å². The second kappa shape index (κ2) is 8.39. The van der Waals surface area contributed by atoms with Gasteiger partial charge in [0.25, 0.3) is 0 Å². The van der Waals surface area contributed by atoms with Crippen molar-refractivity contribution in [3.05, 3.63) is 63.8 Å². The van der Waals surface area contributed by atoms with E-state index in [9.17, 15) is 13.6 Å². The van der Waals surface area contributed by atoms with Gasteiger partial charge in [-0.3, -0.25) is 0 Å². The Kier molecular flexibility index (Phi) is 5.94. The van der Waals surface area contributed by atoms with E-state index in [-0.39, 0.29) is 22.2 Å². The molecule has 0 saturated carbocycles. The van der Waals surface area contributed by atoms with Crippen molar-refractivity contribution in [1.29, 1.82) is 0 Å². The number of nitrogens with zero attached hydrogens (tertiary/aromatic N) is 1. The fourth-order valence-corrected chi connectivity index (χ4v) is 2.76. The zero-order chi connectivity index (χ0) is 20.3. The van der Waals surface area contributed by atoms with E-state index < -0.39 is 17.6 Å². The number of esters is 1. The molecule has 0 amide bonds. The van der Waals surface area contributed by atoms with Crippen LogP contribution in [0.15, 0.2) is 41.0 Å². The normalized spacial score (nSPS) is 14.8. The van der Waals surface area contributed by atoms with Crippen LogP contribution in [0.5, 0.6) is 11.5 Å². The molecule has 1 heterocycles. The van der Waals surface area contributed by atoms with Gasteiger partial charge in [-0.05, 0) is 44.2 Å². The van der Waals surface area contributed by atoms with E-state index in [1.807, 2.05) is 13.8 Å². The summed E-state index contributed by atoms with van der Waals surface area (Å²) in [4.78, 5) is 16.3. The maximum atomic E-state index is 13.5. The molecule has 0 saturated heterocycles. The predicted octanol–water partition coefficient (Wildman–Crippen LogP) is 4.76. The zero-order valence-electron chi connectivity index (χ0n) is 15.1. The van der Waals surface area contributed by atoms with Crippen LogP contribution in [0.1, 0.15) is 25.0 Å². The molecule has 0 bridgehead atoms. The van der Waals surface area contributed by atoms with E-state index in [2.05, 4.69) is 4.99 Å². The summed E-state index contributed by atoms with van der Waals surface area (Å²) in [6.45, 7) is 4.61. The molecule has 1 aliphatic heterocycles. The Labute approximate surface area is 165 Å². The first-order valence-electron chi connectivity index (χ1n) is 8.50. The van der Waals surface area contributed by atoms with Gasteiger partial charge in [0.05, 0.1) is 23.8 Å². The first kappa shape index (κ1) is 19.8. The lowest BCUT2D eigenvalue weighted by molar-refractivity contribution is -0.129. The fourth-order valence-electron chi connectivity index (χ4n) is 2.53. The maximum Gasteiger partial charge on any atom is 0.363 e. The van der Waals surface area contributed by atoms with Crippen LogP contribution in [-0.2, 0) is 9.53 Å². The van der Waals surface area contributed by atoms with Crippen LogP contribution in [0, 0.1) is 11.6 Å². The van der Waals surface area contributed by atoms with Gasteiger partial charge in [0, 0.05) is 11.6 Å². The van der Waals surface area contributed by atoms with E-state index in [1.165, 1.54) is 6.08 Å². The summed E-state index contributed by atoms with van der Waals surface area (Å²) in [5, 5.41) is -0.122. The average molecular weight is 408 g/mol. The lowest BCUT2D eigenvalue weighted by Gasteiger charge is -2.10. The van der Waals surface area contributed by atoms with Gasteiger partial charge in [-0.2, -0.15) is 0 Å². The molecule has 2 aromatic carbocycles. The summed E-state index contributed by atoms with van der Waals surface area (Å²) in [6, 6.07) is 6.78. The van der Waals surface area contributed by atoms with E-state index in [0.717, 1.165) is 12.1 Å². The molecule has 0 aliphatic carbocycles. The van der Waals surface area contributed by atoms with Crippen LogP contribution in [0.4, 0.5) is 8.78 Å². The smallest absolute Gasteiger partial charge is 0.363 e. The molecule has 2 aromatic rings. The fraction of sp³-hybridized carbons (Fsp3) is 0.200. The Morgan fingerprint density at radius 3 is 2.54 bits per heavy atom. The van der Waals surface area contributed by atoms with Crippen LogP contribution in [0.3, 0.4) is 0 Å². The second-order valence-electron chi connectivity index (χ2n) is 5.65. The van der Waals surface area contributed by atoms with Crippen molar-refractivity contribution in [3.63, 3.8) is 0 Å². The molecule has 0 unspecified atom stereocenters. The maximum absolute atomic E-state index is 13.5. The predicted molar refractivity (Wildman–Crippen MR) is 101 cm³/mol. The van der Waals surface area contributed by atoms with Crippen LogP contribution in [0.2, 0.25) is 5.02 Å². The summed E-state index contributed by atoms with van der Waals surface area (Å²) < 4.78 is 42.9. The van der Waals surface area contributed by atoms with Gasteiger partial charge < -0.3 is 14.2 Å². The molecular weight excluding hydrogens is 392 g/mol. The summed E-state index contributed by atoms with van der Waals surface area (Å²) in [7, 11) is 0. The number of hydrogen-bond donors (Lipinski definition) is 0. The molecule has 146 valence electrons. The van der Waals surface area contributed by atoms with Crippen molar-refractivity contribution in [1.82, 2.24) is 0 Å². The third kappa shape index (κ3) is 4.14. The minimum absolute atomic E-state index is 0.0194. The van der Waals surface area contributed by atoms with Crippen LogP contribution in [0.25, 0.3) is 6.08 Å². The zero-order valence-corrected chi connectivity index (χ0v) is 15.8. The Balaban J connectivity index is 1.99. The molecule has 8 heteroatoms. The van der Waals surface area contributed by atoms with E-state index >= 15 is 0 Å². The second-order valence-corrected chi connectivity index (χ2v) is 6.06. The first-order valence-corrected chi connectivity index (χ1v) is 8.87. The summed E-state index contributed by atoms with van der Waals surface area (Å²) >= 11 is 5.92. The molecule has 0 aromatic heterocycles. The molecule has 1 aliphatic rings. The number of carbonyl (C=O) groups excluding carboxylic acids is 1. The van der Waals surface area contributed by atoms with Crippen molar-refractivity contribution in [2.75, 3.05) is 13.2 Å². The lowest BCUT2D eigenvalue weighted by Crippen LogP contribution is -2.07. The van der Waals surface area contributed by atoms with Crippen molar-refractivity contribution in [3.8, 4) is 11.5 Å². The lowest BCUT2D eigenvalue weighted by atomic mass is 10.1. The molecule has 0 atom stereocenters. The van der Waals surface area contributed by atoms with Gasteiger partial charge in [0.2, 0.25) is 5.90 Å². The van der Waals surface area contributed by atoms with E-state index in [4.69, 9.17) is 25.8 Å². The van der Waals surface area contributed by atoms with E-state index in [1.54, 1.807) is 18.2 Å². The highest BCUT2D eigenvalue weighted by Gasteiger charge is 2.27. The largest absolute Gasteiger partial charge is 0.494 e.